The zero-order valence-corrected chi connectivity index (χ0v) is 10.7. The Morgan fingerprint density at radius 2 is 2.00 bits per heavy atom. The van der Waals surface area contributed by atoms with Gasteiger partial charge >= 0.3 is 12.1 Å². The predicted molar refractivity (Wildman–Crippen MR) is 60.9 cm³/mol. The first kappa shape index (κ1) is 14.8. The minimum atomic E-state index is -4.27. The third-order valence-corrected chi connectivity index (χ3v) is 3.65. The molecule has 0 aliphatic heterocycles. The Morgan fingerprint density at radius 3 is 2.55 bits per heavy atom. The Morgan fingerprint density at radius 1 is 1.35 bits per heavy atom. The van der Waals surface area contributed by atoms with Gasteiger partial charge in [-0.3, -0.25) is 4.79 Å². The summed E-state index contributed by atoms with van der Waals surface area (Å²) in [4.78, 5) is 15.2. The highest BCUT2D eigenvalue weighted by Gasteiger charge is 2.42. The number of aromatic nitrogens is 2. The normalized spacial score (nSPS) is 18.4. The Hall–Kier alpha value is -1.60. The van der Waals surface area contributed by atoms with Crippen LogP contribution < -0.4 is 0 Å². The molecule has 1 saturated carbocycles. The van der Waals surface area contributed by atoms with Crippen LogP contribution in [0.3, 0.4) is 0 Å². The van der Waals surface area contributed by atoms with Crippen molar-refractivity contribution in [2.45, 2.75) is 51.1 Å². The molecule has 0 atom stereocenters. The van der Waals surface area contributed by atoms with Gasteiger partial charge in [0.25, 0.3) is 0 Å². The largest absolute Gasteiger partial charge is 0.481 e. The Balaban J connectivity index is 2.00. The number of carbonyl (C=O) groups is 1. The minimum Gasteiger partial charge on any atom is -0.481 e. The number of nitrogens with zero attached hydrogens (tertiary/aromatic N) is 2. The van der Waals surface area contributed by atoms with E-state index in [1.54, 1.807) is 0 Å². The molecule has 1 aromatic rings. The summed E-state index contributed by atoms with van der Waals surface area (Å²) >= 11 is 0. The summed E-state index contributed by atoms with van der Waals surface area (Å²) in [5.74, 6) is -0.840. The quantitative estimate of drug-likeness (QED) is 0.903. The van der Waals surface area contributed by atoms with E-state index in [1.807, 2.05) is 0 Å². The number of rotatable bonds is 5. The molecule has 0 spiro atoms. The number of aliphatic carboxylic acids is 1. The number of hydrogen-bond acceptors (Lipinski definition) is 4. The van der Waals surface area contributed by atoms with Crippen LogP contribution in [-0.4, -0.2) is 27.4 Å². The topological polar surface area (TPSA) is 76.2 Å². The Kier molecular flexibility index (Phi) is 4.01. The summed E-state index contributed by atoms with van der Waals surface area (Å²) < 4.78 is 41.1. The standard InChI is InChI=1S/C12H15F3N2O3/c13-12(14,15)6-3-8-16-9(20-17-8)7-11(10(18)19)4-1-2-5-11/h1-7H2,(H,18,19). The number of halogens is 3. The molecule has 0 unspecified atom stereocenters. The van der Waals surface area contributed by atoms with Crippen molar-refractivity contribution < 1.29 is 27.6 Å². The second-order valence-electron chi connectivity index (χ2n) is 5.19. The maximum atomic E-state index is 12.1. The van der Waals surface area contributed by atoms with Crippen LogP contribution in [-0.2, 0) is 17.6 Å². The van der Waals surface area contributed by atoms with Crippen molar-refractivity contribution in [2.75, 3.05) is 0 Å². The fourth-order valence-corrected chi connectivity index (χ4v) is 2.52. The second kappa shape index (κ2) is 5.41. The van der Waals surface area contributed by atoms with Crippen molar-refractivity contribution in [2.24, 2.45) is 5.41 Å². The summed E-state index contributed by atoms with van der Waals surface area (Å²) in [5.41, 5.74) is -0.909. The van der Waals surface area contributed by atoms with Gasteiger partial charge in [-0.2, -0.15) is 18.2 Å². The van der Waals surface area contributed by atoms with E-state index in [9.17, 15) is 23.1 Å². The molecular weight excluding hydrogens is 277 g/mol. The lowest BCUT2D eigenvalue weighted by atomic mass is 9.83. The molecule has 0 amide bonds. The molecule has 0 radical (unpaired) electrons. The van der Waals surface area contributed by atoms with E-state index in [-0.39, 0.29) is 24.6 Å². The van der Waals surface area contributed by atoms with Crippen LogP contribution in [0.25, 0.3) is 0 Å². The Labute approximate surface area is 113 Å². The monoisotopic (exact) mass is 292 g/mol. The third kappa shape index (κ3) is 3.49. The SMILES string of the molecule is O=C(O)C1(Cc2nc(CCC(F)(F)F)no2)CCCC1. The summed E-state index contributed by atoms with van der Waals surface area (Å²) in [5, 5.41) is 12.8. The minimum absolute atomic E-state index is 0.0316. The fraction of sp³-hybridized carbons (Fsp3) is 0.750. The van der Waals surface area contributed by atoms with E-state index in [2.05, 4.69) is 10.1 Å². The van der Waals surface area contributed by atoms with Gasteiger partial charge in [-0.1, -0.05) is 18.0 Å². The number of aryl methyl sites for hydroxylation is 1. The highest BCUT2D eigenvalue weighted by Crippen LogP contribution is 2.41. The van der Waals surface area contributed by atoms with Crippen LogP contribution in [0.1, 0.15) is 43.8 Å². The van der Waals surface area contributed by atoms with E-state index >= 15 is 0 Å². The van der Waals surface area contributed by atoms with Crippen molar-refractivity contribution in [3.8, 4) is 0 Å². The van der Waals surface area contributed by atoms with Gasteiger partial charge in [-0.05, 0) is 12.8 Å². The van der Waals surface area contributed by atoms with Gasteiger partial charge < -0.3 is 9.63 Å². The van der Waals surface area contributed by atoms with Crippen LogP contribution in [0, 0.1) is 5.41 Å². The molecule has 112 valence electrons. The molecule has 1 fully saturated rings. The second-order valence-corrected chi connectivity index (χ2v) is 5.19. The van der Waals surface area contributed by atoms with Crippen molar-refractivity contribution in [3.05, 3.63) is 11.7 Å². The van der Waals surface area contributed by atoms with E-state index in [0.29, 0.717) is 12.8 Å². The number of hydrogen-bond donors (Lipinski definition) is 1. The van der Waals surface area contributed by atoms with Gasteiger partial charge in [0.1, 0.15) is 0 Å². The third-order valence-electron chi connectivity index (χ3n) is 3.65. The first-order valence-corrected chi connectivity index (χ1v) is 6.42. The maximum Gasteiger partial charge on any atom is 0.389 e. The van der Waals surface area contributed by atoms with Crippen LogP contribution in [0.5, 0.6) is 0 Å². The zero-order chi connectivity index (χ0) is 14.8. The first-order chi connectivity index (χ1) is 9.31. The average molecular weight is 292 g/mol. The average Bonchev–Trinajstić information content (AvgIpc) is 2.96. The van der Waals surface area contributed by atoms with E-state index in [1.165, 1.54) is 0 Å². The van der Waals surface area contributed by atoms with Gasteiger partial charge in [0, 0.05) is 12.8 Å². The Bertz CT molecular complexity index is 479. The first-order valence-electron chi connectivity index (χ1n) is 6.42. The van der Waals surface area contributed by atoms with Gasteiger partial charge in [0.05, 0.1) is 11.8 Å². The molecule has 1 aliphatic rings. The molecule has 1 N–H and O–H groups in total. The van der Waals surface area contributed by atoms with Gasteiger partial charge in [-0.15, -0.1) is 0 Å². The number of carboxylic acids is 1. The van der Waals surface area contributed by atoms with Crippen LogP contribution in [0.15, 0.2) is 4.52 Å². The van der Waals surface area contributed by atoms with Gasteiger partial charge in [-0.25, -0.2) is 0 Å². The molecular formula is C12H15F3N2O3. The lowest BCUT2D eigenvalue weighted by molar-refractivity contribution is -0.148. The van der Waals surface area contributed by atoms with Crippen LogP contribution in [0.4, 0.5) is 13.2 Å². The van der Waals surface area contributed by atoms with Crippen molar-refractivity contribution >= 4 is 5.97 Å². The molecule has 0 saturated heterocycles. The molecule has 2 rings (SSSR count). The molecule has 8 heteroatoms. The summed E-state index contributed by atoms with van der Waals surface area (Å²) in [6, 6.07) is 0. The highest BCUT2D eigenvalue weighted by molar-refractivity contribution is 5.75. The van der Waals surface area contributed by atoms with E-state index in [4.69, 9.17) is 4.52 Å². The molecule has 1 heterocycles. The predicted octanol–water partition coefficient (Wildman–Crippen LogP) is 2.75. The molecule has 20 heavy (non-hydrogen) atoms. The molecule has 0 bridgehead atoms. The maximum absolute atomic E-state index is 12.1. The van der Waals surface area contributed by atoms with E-state index < -0.39 is 24.0 Å². The molecule has 1 aliphatic carbocycles. The van der Waals surface area contributed by atoms with Crippen molar-refractivity contribution in [1.82, 2.24) is 10.1 Å². The summed E-state index contributed by atoms with van der Waals surface area (Å²) in [7, 11) is 0. The molecule has 0 aromatic carbocycles. The van der Waals surface area contributed by atoms with Gasteiger partial charge in [0.15, 0.2) is 5.82 Å². The molecule has 1 aromatic heterocycles. The van der Waals surface area contributed by atoms with E-state index in [0.717, 1.165) is 12.8 Å². The van der Waals surface area contributed by atoms with Gasteiger partial charge in [0.2, 0.25) is 5.89 Å². The highest BCUT2D eigenvalue weighted by atomic mass is 19.4. The fourth-order valence-electron chi connectivity index (χ4n) is 2.52. The summed E-state index contributed by atoms with van der Waals surface area (Å²) in [6.45, 7) is 0. The summed E-state index contributed by atoms with van der Waals surface area (Å²) in [6.07, 6.45) is -2.85. The smallest absolute Gasteiger partial charge is 0.389 e. The lowest BCUT2D eigenvalue weighted by Gasteiger charge is -2.21. The van der Waals surface area contributed by atoms with Crippen molar-refractivity contribution in [3.63, 3.8) is 0 Å². The van der Waals surface area contributed by atoms with Crippen molar-refractivity contribution in [1.29, 1.82) is 0 Å². The van der Waals surface area contributed by atoms with Crippen LogP contribution >= 0.6 is 0 Å². The van der Waals surface area contributed by atoms with Crippen LogP contribution in [0.2, 0.25) is 0 Å². The zero-order valence-electron chi connectivity index (χ0n) is 10.7. The molecule has 5 nitrogen and oxygen atoms in total. The lowest BCUT2D eigenvalue weighted by Crippen LogP contribution is -2.30. The number of alkyl halides is 3. The number of carboxylic acid groups (broad SMARTS) is 1.